The van der Waals surface area contributed by atoms with Gasteiger partial charge in [0.05, 0.1) is 0 Å². The summed E-state index contributed by atoms with van der Waals surface area (Å²) in [5.41, 5.74) is 3.19. The van der Waals surface area contributed by atoms with Crippen molar-refractivity contribution in [2.45, 2.75) is 32.4 Å². The normalized spacial score (nSPS) is 16.5. The van der Waals surface area contributed by atoms with E-state index in [1.807, 2.05) is 61.5 Å². The highest BCUT2D eigenvalue weighted by Crippen LogP contribution is 2.32. The zero-order valence-electron chi connectivity index (χ0n) is 15.7. The fourth-order valence-electron chi connectivity index (χ4n) is 3.45. The van der Waals surface area contributed by atoms with E-state index in [1.165, 1.54) is 11.3 Å². The summed E-state index contributed by atoms with van der Waals surface area (Å²) < 4.78 is 5.44. The second-order valence-electron chi connectivity index (χ2n) is 6.84. The van der Waals surface area contributed by atoms with Crippen LogP contribution in [0, 0.1) is 0 Å². The van der Waals surface area contributed by atoms with Crippen LogP contribution in [0.25, 0.3) is 10.6 Å². The minimum atomic E-state index is -0.886. The molecule has 6 heteroatoms. The molecule has 1 amide bonds. The van der Waals surface area contributed by atoms with Gasteiger partial charge in [-0.25, -0.2) is 9.78 Å². The van der Waals surface area contributed by atoms with Gasteiger partial charge in [-0.3, -0.25) is 4.79 Å². The summed E-state index contributed by atoms with van der Waals surface area (Å²) in [6.07, 6.45) is -0.0854. The lowest BCUT2D eigenvalue weighted by molar-refractivity contribution is -0.126. The zero-order chi connectivity index (χ0) is 19.7. The average Bonchev–Trinajstić information content (AvgIpc) is 3.32. The van der Waals surface area contributed by atoms with Gasteiger partial charge in [0.25, 0.3) is 5.91 Å². The number of esters is 1. The minimum absolute atomic E-state index is 0.0370. The Hall–Kier alpha value is -2.99. The summed E-state index contributed by atoms with van der Waals surface area (Å²) >= 11 is 1.38. The SMILES string of the molecule is C[C@@H](OC(=O)c1csc(-c2ccccc2)n1)C(=O)N1c2ccccc2C[C@@H]1C. The van der Waals surface area contributed by atoms with Crippen molar-refractivity contribution in [3.63, 3.8) is 0 Å². The first kappa shape index (κ1) is 18.4. The van der Waals surface area contributed by atoms with Crippen molar-refractivity contribution >= 4 is 28.9 Å². The average molecular weight is 392 g/mol. The summed E-state index contributed by atoms with van der Waals surface area (Å²) in [6, 6.07) is 17.5. The third-order valence-corrected chi connectivity index (χ3v) is 5.70. The highest BCUT2D eigenvalue weighted by atomic mass is 32.1. The van der Waals surface area contributed by atoms with Crippen molar-refractivity contribution < 1.29 is 14.3 Å². The number of benzene rings is 2. The highest BCUT2D eigenvalue weighted by molar-refractivity contribution is 7.13. The number of hydrogen-bond acceptors (Lipinski definition) is 5. The Morgan fingerprint density at radius 3 is 2.64 bits per heavy atom. The number of ether oxygens (including phenoxy) is 1. The molecule has 3 aromatic rings. The Morgan fingerprint density at radius 2 is 1.86 bits per heavy atom. The maximum atomic E-state index is 12.9. The van der Waals surface area contributed by atoms with E-state index in [9.17, 15) is 9.59 Å². The first-order chi connectivity index (χ1) is 13.5. The molecule has 2 aromatic carbocycles. The molecule has 0 aliphatic carbocycles. The molecule has 0 unspecified atom stereocenters. The lowest BCUT2D eigenvalue weighted by Crippen LogP contribution is -2.43. The molecule has 2 heterocycles. The first-order valence-corrected chi connectivity index (χ1v) is 10.1. The molecule has 0 bridgehead atoms. The van der Waals surface area contributed by atoms with Crippen LogP contribution >= 0.6 is 11.3 Å². The van der Waals surface area contributed by atoms with E-state index in [0.717, 1.165) is 28.2 Å². The minimum Gasteiger partial charge on any atom is -0.448 e. The number of para-hydroxylation sites is 1. The molecule has 0 saturated heterocycles. The van der Waals surface area contributed by atoms with Gasteiger partial charge in [-0.15, -0.1) is 11.3 Å². The van der Waals surface area contributed by atoms with Crippen LogP contribution in [0.5, 0.6) is 0 Å². The van der Waals surface area contributed by atoms with Gasteiger partial charge in [0.1, 0.15) is 5.01 Å². The van der Waals surface area contributed by atoms with Gasteiger partial charge < -0.3 is 9.64 Å². The van der Waals surface area contributed by atoms with Crippen molar-refractivity contribution in [1.82, 2.24) is 4.98 Å². The number of rotatable bonds is 4. The molecule has 5 nitrogen and oxygen atoms in total. The number of fused-ring (bicyclic) bond motifs is 1. The summed E-state index contributed by atoms with van der Waals surface area (Å²) in [6.45, 7) is 3.61. The molecule has 0 fully saturated rings. The van der Waals surface area contributed by atoms with Crippen LogP contribution in [0.3, 0.4) is 0 Å². The number of carbonyl (C=O) groups excluding carboxylic acids is 2. The van der Waals surface area contributed by atoms with Crippen molar-refractivity contribution in [1.29, 1.82) is 0 Å². The Labute approximate surface area is 167 Å². The number of nitrogens with zero attached hydrogens (tertiary/aromatic N) is 2. The first-order valence-electron chi connectivity index (χ1n) is 9.17. The Morgan fingerprint density at radius 1 is 1.14 bits per heavy atom. The molecular weight excluding hydrogens is 372 g/mol. The third kappa shape index (κ3) is 3.43. The number of aromatic nitrogens is 1. The third-order valence-electron chi connectivity index (χ3n) is 4.81. The molecule has 4 rings (SSSR count). The Bertz CT molecular complexity index is 1020. The number of anilines is 1. The molecule has 28 heavy (non-hydrogen) atoms. The standard InChI is InChI=1S/C22H20N2O3S/c1-14-12-17-10-6-7-11-19(17)24(14)21(25)15(2)27-22(26)18-13-28-20(23-18)16-8-4-3-5-9-16/h3-11,13-15H,12H2,1-2H3/t14-,15+/m0/s1. The zero-order valence-corrected chi connectivity index (χ0v) is 16.5. The predicted molar refractivity (Wildman–Crippen MR) is 110 cm³/mol. The van der Waals surface area contributed by atoms with Gasteiger partial charge in [-0.05, 0) is 31.9 Å². The number of thiazole rings is 1. The monoisotopic (exact) mass is 392 g/mol. The molecule has 0 saturated carbocycles. The van der Waals surface area contributed by atoms with E-state index in [0.29, 0.717) is 0 Å². The van der Waals surface area contributed by atoms with Crippen molar-refractivity contribution in [2.75, 3.05) is 4.90 Å². The highest BCUT2D eigenvalue weighted by Gasteiger charge is 2.34. The largest absolute Gasteiger partial charge is 0.448 e. The van der Waals surface area contributed by atoms with E-state index in [-0.39, 0.29) is 17.6 Å². The van der Waals surface area contributed by atoms with Crippen LogP contribution in [0.4, 0.5) is 5.69 Å². The van der Waals surface area contributed by atoms with E-state index in [2.05, 4.69) is 4.98 Å². The molecule has 0 spiro atoms. The molecule has 1 aliphatic rings. The summed E-state index contributed by atoms with van der Waals surface area (Å²) in [4.78, 5) is 31.5. The van der Waals surface area contributed by atoms with Gasteiger partial charge in [0.2, 0.25) is 0 Å². The quantitative estimate of drug-likeness (QED) is 0.620. The number of amides is 1. The lowest BCUT2D eigenvalue weighted by Gasteiger charge is -2.25. The van der Waals surface area contributed by atoms with E-state index in [4.69, 9.17) is 4.74 Å². The van der Waals surface area contributed by atoms with Crippen LogP contribution in [0.15, 0.2) is 60.0 Å². The van der Waals surface area contributed by atoms with Crippen molar-refractivity contribution in [3.05, 3.63) is 71.2 Å². The summed E-state index contributed by atoms with van der Waals surface area (Å²) in [7, 11) is 0. The smallest absolute Gasteiger partial charge is 0.358 e. The Balaban J connectivity index is 1.47. The molecular formula is C22H20N2O3S. The molecule has 1 aromatic heterocycles. The second-order valence-corrected chi connectivity index (χ2v) is 7.70. The van der Waals surface area contributed by atoms with Crippen LogP contribution in [-0.2, 0) is 16.0 Å². The second kappa shape index (κ2) is 7.56. The maximum absolute atomic E-state index is 12.9. The van der Waals surface area contributed by atoms with Gasteiger partial charge in [-0.2, -0.15) is 0 Å². The predicted octanol–water partition coefficient (Wildman–Crippen LogP) is 4.33. The fourth-order valence-corrected chi connectivity index (χ4v) is 4.24. The van der Waals surface area contributed by atoms with Crippen molar-refractivity contribution in [3.8, 4) is 10.6 Å². The van der Waals surface area contributed by atoms with Crippen LogP contribution < -0.4 is 4.90 Å². The van der Waals surface area contributed by atoms with E-state index in [1.54, 1.807) is 17.2 Å². The topological polar surface area (TPSA) is 59.5 Å². The Kier molecular flexibility index (Phi) is 4.96. The van der Waals surface area contributed by atoms with Gasteiger partial charge >= 0.3 is 5.97 Å². The lowest BCUT2D eigenvalue weighted by atomic mass is 10.1. The van der Waals surface area contributed by atoms with Gasteiger partial charge in [0.15, 0.2) is 11.8 Å². The van der Waals surface area contributed by atoms with E-state index < -0.39 is 12.1 Å². The maximum Gasteiger partial charge on any atom is 0.358 e. The fraction of sp³-hybridized carbons (Fsp3) is 0.227. The van der Waals surface area contributed by atoms with Crippen molar-refractivity contribution in [2.24, 2.45) is 0 Å². The molecule has 0 N–H and O–H groups in total. The molecule has 142 valence electrons. The molecule has 2 atom stereocenters. The van der Waals surface area contributed by atoms with Crippen LogP contribution in [0.1, 0.15) is 29.9 Å². The summed E-state index contributed by atoms with van der Waals surface area (Å²) in [5, 5.41) is 2.41. The molecule has 0 radical (unpaired) electrons. The number of hydrogen-bond donors (Lipinski definition) is 0. The van der Waals surface area contributed by atoms with Crippen LogP contribution in [0.2, 0.25) is 0 Å². The summed E-state index contributed by atoms with van der Waals surface area (Å²) in [5.74, 6) is -0.802. The number of carbonyl (C=O) groups is 2. The molecule has 1 aliphatic heterocycles. The van der Waals surface area contributed by atoms with E-state index >= 15 is 0 Å². The van der Waals surface area contributed by atoms with Crippen LogP contribution in [-0.4, -0.2) is 29.0 Å². The van der Waals surface area contributed by atoms with Gasteiger partial charge in [0, 0.05) is 22.7 Å². The van der Waals surface area contributed by atoms with Gasteiger partial charge in [-0.1, -0.05) is 48.5 Å².